The summed E-state index contributed by atoms with van der Waals surface area (Å²) in [6, 6.07) is 5.81. The predicted molar refractivity (Wildman–Crippen MR) is 84.7 cm³/mol. The summed E-state index contributed by atoms with van der Waals surface area (Å²) < 4.78 is 5.95. The molecule has 0 amide bonds. The largest absolute Gasteiger partial charge is 0.374 e. The van der Waals surface area contributed by atoms with Crippen molar-refractivity contribution in [2.45, 2.75) is 25.5 Å². The molecule has 0 spiro atoms. The van der Waals surface area contributed by atoms with Gasteiger partial charge in [0.15, 0.2) is 0 Å². The zero-order chi connectivity index (χ0) is 14.5. The molecule has 0 aliphatic carbocycles. The van der Waals surface area contributed by atoms with E-state index in [2.05, 4.69) is 17.1 Å². The summed E-state index contributed by atoms with van der Waals surface area (Å²) in [7, 11) is 1.93. The number of hydrogen-bond acceptors (Lipinski definition) is 3. The van der Waals surface area contributed by atoms with Crippen LogP contribution in [0.25, 0.3) is 0 Å². The summed E-state index contributed by atoms with van der Waals surface area (Å²) >= 11 is 12.5. The maximum atomic E-state index is 6.34. The molecule has 0 aromatic heterocycles. The van der Waals surface area contributed by atoms with Crippen molar-refractivity contribution in [2.24, 2.45) is 0 Å². The number of ether oxygens (including phenoxy) is 1. The van der Waals surface area contributed by atoms with E-state index >= 15 is 0 Å². The van der Waals surface area contributed by atoms with Crippen LogP contribution in [0.5, 0.6) is 0 Å². The first-order valence-corrected chi connectivity index (χ1v) is 7.88. The van der Waals surface area contributed by atoms with Crippen LogP contribution >= 0.6 is 23.2 Å². The molecule has 1 heterocycles. The fraction of sp³-hybridized carbons (Fsp3) is 0.600. The molecule has 1 fully saturated rings. The van der Waals surface area contributed by atoms with Gasteiger partial charge in [-0.3, -0.25) is 4.90 Å². The maximum absolute atomic E-state index is 6.34. The van der Waals surface area contributed by atoms with E-state index in [1.807, 2.05) is 25.2 Å². The van der Waals surface area contributed by atoms with Crippen LogP contribution in [0.15, 0.2) is 18.2 Å². The Bertz CT molecular complexity index is 440. The first kappa shape index (κ1) is 16.1. The number of morpholine rings is 1. The molecule has 112 valence electrons. The highest BCUT2D eigenvalue weighted by Gasteiger charge is 2.29. The molecule has 1 aliphatic heterocycles. The monoisotopic (exact) mass is 316 g/mol. The van der Waals surface area contributed by atoms with Gasteiger partial charge in [-0.1, -0.05) is 42.3 Å². The van der Waals surface area contributed by atoms with Crippen LogP contribution in [0.4, 0.5) is 0 Å². The number of halogens is 2. The topological polar surface area (TPSA) is 24.5 Å². The van der Waals surface area contributed by atoms with E-state index in [-0.39, 0.29) is 12.1 Å². The lowest BCUT2D eigenvalue weighted by Crippen LogP contribution is -2.47. The second-order valence-electron chi connectivity index (χ2n) is 5.12. The van der Waals surface area contributed by atoms with Gasteiger partial charge in [-0.05, 0) is 31.6 Å². The lowest BCUT2D eigenvalue weighted by molar-refractivity contribution is -0.0458. The van der Waals surface area contributed by atoms with Gasteiger partial charge in [0.05, 0.1) is 28.8 Å². The molecule has 1 aromatic carbocycles. The van der Waals surface area contributed by atoms with Crippen molar-refractivity contribution >= 4 is 23.2 Å². The van der Waals surface area contributed by atoms with Gasteiger partial charge < -0.3 is 10.1 Å². The van der Waals surface area contributed by atoms with Gasteiger partial charge in [0, 0.05) is 13.1 Å². The Kier molecular flexibility index (Phi) is 6.12. The van der Waals surface area contributed by atoms with Crippen molar-refractivity contribution in [3.05, 3.63) is 33.8 Å². The first-order chi connectivity index (χ1) is 9.67. The third-order valence-corrected chi connectivity index (χ3v) is 4.55. The summed E-state index contributed by atoms with van der Waals surface area (Å²) in [5, 5.41) is 4.53. The number of nitrogens with one attached hydrogen (secondary N) is 1. The van der Waals surface area contributed by atoms with Crippen molar-refractivity contribution in [2.75, 3.05) is 33.3 Å². The third-order valence-electron chi connectivity index (χ3n) is 3.72. The first-order valence-electron chi connectivity index (χ1n) is 7.12. The lowest BCUT2D eigenvalue weighted by Gasteiger charge is -2.37. The van der Waals surface area contributed by atoms with Crippen LogP contribution in [-0.4, -0.2) is 44.3 Å². The Morgan fingerprint density at radius 1 is 1.45 bits per heavy atom. The highest BCUT2D eigenvalue weighted by atomic mass is 35.5. The fourth-order valence-electron chi connectivity index (χ4n) is 2.75. The van der Waals surface area contributed by atoms with Gasteiger partial charge in [0.1, 0.15) is 0 Å². The lowest BCUT2D eigenvalue weighted by atomic mass is 10.00. The van der Waals surface area contributed by atoms with Crippen LogP contribution in [0.1, 0.15) is 24.9 Å². The molecule has 2 atom stereocenters. The van der Waals surface area contributed by atoms with Crippen molar-refractivity contribution < 1.29 is 4.74 Å². The fourth-order valence-corrected chi connectivity index (χ4v) is 3.18. The number of likely N-dealkylation sites (N-methyl/N-ethyl adjacent to an activating group) is 1. The molecule has 2 unspecified atom stereocenters. The Morgan fingerprint density at radius 3 is 2.95 bits per heavy atom. The smallest absolute Gasteiger partial charge is 0.0897 e. The normalized spacial score (nSPS) is 21.9. The number of nitrogens with zero attached hydrogens (tertiary/aromatic N) is 1. The van der Waals surface area contributed by atoms with E-state index in [0.717, 1.165) is 38.2 Å². The summed E-state index contributed by atoms with van der Waals surface area (Å²) in [5.41, 5.74) is 1.00. The molecule has 0 bridgehead atoms. The SMILES string of the molecule is CCCN1CCOC(C(NC)c2cccc(Cl)c2Cl)C1. The highest BCUT2D eigenvalue weighted by Crippen LogP contribution is 2.32. The molecule has 2 rings (SSSR count). The van der Waals surface area contributed by atoms with E-state index in [4.69, 9.17) is 27.9 Å². The average molecular weight is 317 g/mol. The quantitative estimate of drug-likeness (QED) is 0.901. The summed E-state index contributed by atoms with van der Waals surface area (Å²) in [4.78, 5) is 2.44. The second-order valence-corrected chi connectivity index (χ2v) is 5.90. The molecule has 1 aromatic rings. The van der Waals surface area contributed by atoms with Crippen molar-refractivity contribution in [1.29, 1.82) is 0 Å². The molecule has 0 radical (unpaired) electrons. The molecule has 0 saturated carbocycles. The molecule has 1 saturated heterocycles. The van der Waals surface area contributed by atoms with Crippen molar-refractivity contribution in [3.8, 4) is 0 Å². The summed E-state index contributed by atoms with van der Waals surface area (Å²) in [6.45, 7) is 6.00. The van der Waals surface area contributed by atoms with Crippen LogP contribution in [0.2, 0.25) is 10.0 Å². The van der Waals surface area contributed by atoms with Crippen molar-refractivity contribution in [3.63, 3.8) is 0 Å². The Balaban J connectivity index is 2.17. The van der Waals surface area contributed by atoms with Crippen LogP contribution in [0, 0.1) is 0 Å². The van der Waals surface area contributed by atoms with Crippen molar-refractivity contribution in [1.82, 2.24) is 10.2 Å². The van der Waals surface area contributed by atoms with Crippen LogP contribution in [0.3, 0.4) is 0 Å². The molecular weight excluding hydrogens is 295 g/mol. The zero-order valence-electron chi connectivity index (χ0n) is 12.0. The van der Waals surface area contributed by atoms with Gasteiger partial charge in [0.2, 0.25) is 0 Å². The van der Waals surface area contributed by atoms with E-state index in [9.17, 15) is 0 Å². The van der Waals surface area contributed by atoms with Gasteiger partial charge in [-0.15, -0.1) is 0 Å². The van der Waals surface area contributed by atoms with E-state index in [1.165, 1.54) is 0 Å². The van der Waals surface area contributed by atoms with E-state index in [1.54, 1.807) is 0 Å². The highest BCUT2D eigenvalue weighted by molar-refractivity contribution is 6.42. The molecule has 1 aliphatic rings. The maximum Gasteiger partial charge on any atom is 0.0897 e. The van der Waals surface area contributed by atoms with E-state index < -0.39 is 0 Å². The Hall–Kier alpha value is -0.320. The second kappa shape index (κ2) is 7.62. The molecule has 5 heteroatoms. The number of rotatable bonds is 5. The third kappa shape index (κ3) is 3.66. The Morgan fingerprint density at radius 2 is 2.25 bits per heavy atom. The van der Waals surface area contributed by atoms with Gasteiger partial charge in [-0.2, -0.15) is 0 Å². The molecule has 20 heavy (non-hydrogen) atoms. The van der Waals surface area contributed by atoms with Gasteiger partial charge >= 0.3 is 0 Å². The van der Waals surface area contributed by atoms with E-state index in [0.29, 0.717) is 10.0 Å². The molecule has 1 N–H and O–H groups in total. The minimum absolute atomic E-state index is 0.0563. The summed E-state index contributed by atoms with van der Waals surface area (Å²) in [5.74, 6) is 0. The van der Waals surface area contributed by atoms with Crippen LogP contribution in [-0.2, 0) is 4.74 Å². The molecule has 3 nitrogen and oxygen atoms in total. The minimum atomic E-state index is 0.0563. The standard InChI is InChI=1S/C15H22Cl2N2O/c1-3-7-19-8-9-20-13(10-19)15(18-2)11-5-4-6-12(16)14(11)17/h4-6,13,15,18H,3,7-10H2,1-2H3. The number of hydrogen-bond donors (Lipinski definition) is 1. The zero-order valence-corrected chi connectivity index (χ0v) is 13.5. The van der Waals surface area contributed by atoms with Gasteiger partial charge in [0.25, 0.3) is 0 Å². The average Bonchev–Trinajstić information content (AvgIpc) is 2.45. The van der Waals surface area contributed by atoms with Crippen LogP contribution < -0.4 is 5.32 Å². The summed E-state index contributed by atoms with van der Waals surface area (Å²) in [6.07, 6.45) is 1.26. The minimum Gasteiger partial charge on any atom is -0.374 e. The Labute approximate surface area is 131 Å². The van der Waals surface area contributed by atoms with Gasteiger partial charge in [-0.25, -0.2) is 0 Å². The predicted octanol–water partition coefficient (Wildman–Crippen LogP) is 3.36. The number of benzene rings is 1. The molecular formula is C15H22Cl2N2O.